The second-order valence-corrected chi connectivity index (χ2v) is 6.12. The van der Waals surface area contributed by atoms with Gasteiger partial charge in [-0.2, -0.15) is 0 Å². The number of nitro benzene ring substituents is 1. The number of hydrogen-bond donors (Lipinski definition) is 1. The van der Waals surface area contributed by atoms with Crippen molar-refractivity contribution in [1.82, 2.24) is 4.98 Å². The lowest BCUT2D eigenvalue weighted by Crippen LogP contribution is -2.05. The molecule has 21 heavy (non-hydrogen) atoms. The number of nitrogens with two attached hydrogens (primary N) is 1. The van der Waals surface area contributed by atoms with E-state index >= 15 is 0 Å². The molecule has 0 spiro atoms. The number of aryl methyl sites for hydroxylation is 1. The number of benzene rings is 1. The van der Waals surface area contributed by atoms with Crippen LogP contribution in [0.5, 0.6) is 0 Å². The fourth-order valence-electron chi connectivity index (χ4n) is 1.86. The number of nitrogen functional groups attached to an aromatic ring is 1. The summed E-state index contributed by atoms with van der Waals surface area (Å²) >= 11 is 0. The van der Waals surface area contributed by atoms with Crippen LogP contribution in [0.4, 0.5) is 11.4 Å². The van der Waals surface area contributed by atoms with Crippen LogP contribution in [0.2, 0.25) is 0 Å². The van der Waals surface area contributed by atoms with Gasteiger partial charge in [-0.3, -0.25) is 19.3 Å². The van der Waals surface area contributed by atoms with Gasteiger partial charge in [0.1, 0.15) is 0 Å². The highest BCUT2D eigenvalue weighted by atomic mass is 32.2. The Morgan fingerprint density at radius 3 is 2.48 bits per heavy atom. The van der Waals surface area contributed by atoms with Gasteiger partial charge in [0.2, 0.25) is 0 Å². The van der Waals surface area contributed by atoms with Crippen molar-refractivity contribution in [2.75, 3.05) is 5.73 Å². The number of non-ortho nitro benzene ring substituents is 1. The summed E-state index contributed by atoms with van der Waals surface area (Å²) in [4.78, 5) is 14.9. The number of rotatable bonds is 4. The van der Waals surface area contributed by atoms with E-state index in [1.165, 1.54) is 24.3 Å². The van der Waals surface area contributed by atoms with E-state index < -0.39 is 15.7 Å². The van der Waals surface area contributed by atoms with Gasteiger partial charge >= 0.3 is 0 Å². The lowest BCUT2D eigenvalue weighted by atomic mass is 10.1. The van der Waals surface area contributed by atoms with Gasteiger partial charge in [0.05, 0.1) is 27.2 Å². The van der Waals surface area contributed by atoms with Gasteiger partial charge in [-0.25, -0.2) is 0 Å². The number of hydrogen-bond acceptors (Lipinski definition) is 5. The molecule has 1 unspecified atom stereocenters. The Morgan fingerprint density at radius 1 is 1.29 bits per heavy atom. The van der Waals surface area contributed by atoms with E-state index in [2.05, 4.69) is 4.98 Å². The molecular weight excluding hydrogens is 290 g/mol. The summed E-state index contributed by atoms with van der Waals surface area (Å²) in [6, 6.07) is 5.69. The van der Waals surface area contributed by atoms with Crippen LogP contribution >= 0.6 is 0 Å². The first-order chi connectivity index (χ1) is 9.90. The van der Waals surface area contributed by atoms with Crippen LogP contribution in [0.25, 0.3) is 0 Å². The molecule has 0 aliphatic rings. The number of nitrogens with zero attached hydrogens (tertiary/aromatic N) is 2. The van der Waals surface area contributed by atoms with Crippen LogP contribution < -0.4 is 5.73 Å². The first-order valence-electron chi connectivity index (χ1n) is 6.23. The molecule has 2 N–H and O–H groups in total. The quantitative estimate of drug-likeness (QED) is 0.691. The summed E-state index contributed by atoms with van der Waals surface area (Å²) in [5, 5.41) is 10.6. The molecule has 110 valence electrons. The zero-order valence-corrected chi connectivity index (χ0v) is 12.5. The SMILES string of the molecule is Cc1cnc(CS(=O)c2ccc([N+](=O)[O-])cc2)c(C)c1N. The molecule has 0 radical (unpaired) electrons. The maximum Gasteiger partial charge on any atom is 0.269 e. The Labute approximate surface area is 124 Å². The molecule has 1 aromatic heterocycles. The van der Waals surface area contributed by atoms with Gasteiger partial charge in [-0.1, -0.05) is 0 Å². The van der Waals surface area contributed by atoms with Crippen LogP contribution in [-0.4, -0.2) is 14.1 Å². The average molecular weight is 305 g/mol. The number of anilines is 1. The highest BCUT2D eigenvalue weighted by Gasteiger charge is 2.13. The fraction of sp³-hybridized carbons (Fsp3) is 0.214. The molecule has 0 bridgehead atoms. The maximum atomic E-state index is 12.3. The third kappa shape index (κ3) is 3.25. The van der Waals surface area contributed by atoms with Crippen LogP contribution in [0.1, 0.15) is 16.8 Å². The van der Waals surface area contributed by atoms with Crippen LogP contribution in [0.15, 0.2) is 35.4 Å². The Hall–Kier alpha value is -2.28. The normalized spacial score (nSPS) is 12.1. The average Bonchev–Trinajstić information content (AvgIpc) is 2.48. The van der Waals surface area contributed by atoms with Crippen molar-refractivity contribution in [2.45, 2.75) is 24.5 Å². The van der Waals surface area contributed by atoms with Crippen molar-refractivity contribution in [3.05, 3.63) is 57.4 Å². The van der Waals surface area contributed by atoms with E-state index in [0.717, 1.165) is 11.1 Å². The monoisotopic (exact) mass is 305 g/mol. The van der Waals surface area contributed by atoms with E-state index in [1.807, 2.05) is 13.8 Å². The second-order valence-electron chi connectivity index (χ2n) is 4.67. The summed E-state index contributed by atoms with van der Waals surface area (Å²) < 4.78 is 12.3. The van der Waals surface area contributed by atoms with Crippen LogP contribution in [0, 0.1) is 24.0 Å². The van der Waals surface area contributed by atoms with E-state index in [9.17, 15) is 14.3 Å². The van der Waals surface area contributed by atoms with Crippen molar-refractivity contribution in [1.29, 1.82) is 0 Å². The van der Waals surface area contributed by atoms with Crippen molar-refractivity contribution in [3.63, 3.8) is 0 Å². The number of nitro groups is 1. The Balaban J connectivity index is 2.22. The topological polar surface area (TPSA) is 99.1 Å². The first-order valence-corrected chi connectivity index (χ1v) is 7.55. The van der Waals surface area contributed by atoms with Crippen molar-refractivity contribution in [2.24, 2.45) is 0 Å². The van der Waals surface area contributed by atoms with Gasteiger partial charge in [0, 0.05) is 28.9 Å². The van der Waals surface area contributed by atoms with Gasteiger partial charge in [0.25, 0.3) is 5.69 Å². The van der Waals surface area contributed by atoms with Crippen LogP contribution in [0.3, 0.4) is 0 Å². The Morgan fingerprint density at radius 2 is 1.90 bits per heavy atom. The minimum absolute atomic E-state index is 0.0235. The molecule has 0 fully saturated rings. The molecule has 1 atom stereocenters. The molecule has 1 heterocycles. The van der Waals surface area contributed by atoms with E-state index in [0.29, 0.717) is 16.3 Å². The van der Waals surface area contributed by atoms with Gasteiger partial charge in [0.15, 0.2) is 0 Å². The first kappa shape index (κ1) is 15.1. The highest BCUT2D eigenvalue weighted by Crippen LogP contribution is 2.21. The molecule has 0 amide bonds. The molecule has 0 aliphatic carbocycles. The minimum Gasteiger partial charge on any atom is -0.398 e. The third-order valence-corrected chi connectivity index (χ3v) is 4.59. The predicted octanol–water partition coefficient (Wildman–Crippen LogP) is 2.50. The highest BCUT2D eigenvalue weighted by molar-refractivity contribution is 7.84. The smallest absolute Gasteiger partial charge is 0.269 e. The van der Waals surface area contributed by atoms with Gasteiger partial charge in [-0.15, -0.1) is 0 Å². The Bertz CT molecular complexity index is 714. The molecule has 7 heteroatoms. The van der Waals surface area contributed by atoms with E-state index in [-0.39, 0.29) is 11.4 Å². The largest absolute Gasteiger partial charge is 0.398 e. The molecular formula is C14H15N3O3S. The zero-order valence-electron chi connectivity index (χ0n) is 11.7. The summed E-state index contributed by atoms with van der Waals surface area (Å²) in [6.45, 7) is 3.71. The molecule has 6 nitrogen and oxygen atoms in total. The minimum atomic E-state index is -1.32. The second kappa shape index (κ2) is 6.01. The third-order valence-electron chi connectivity index (χ3n) is 3.25. The Kier molecular flexibility index (Phi) is 4.32. The maximum absolute atomic E-state index is 12.3. The molecule has 0 aliphatic heterocycles. The lowest BCUT2D eigenvalue weighted by molar-refractivity contribution is -0.384. The summed E-state index contributed by atoms with van der Waals surface area (Å²) in [5.74, 6) is 0.230. The molecule has 0 saturated heterocycles. The van der Waals surface area contributed by atoms with E-state index in [4.69, 9.17) is 5.73 Å². The molecule has 2 rings (SSSR count). The van der Waals surface area contributed by atoms with Crippen molar-refractivity contribution >= 4 is 22.2 Å². The summed E-state index contributed by atoms with van der Waals surface area (Å²) in [6.07, 6.45) is 1.66. The fourth-order valence-corrected chi connectivity index (χ4v) is 3.01. The lowest BCUT2D eigenvalue weighted by Gasteiger charge is -2.09. The summed E-state index contributed by atoms with van der Waals surface area (Å²) in [5.41, 5.74) is 8.95. The zero-order chi connectivity index (χ0) is 15.6. The number of pyridine rings is 1. The summed E-state index contributed by atoms with van der Waals surface area (Å²) in [7, 11) is -1.32. The van der Waals surface area contributed by atoms with Crippen LogP contribution in [-0.2, 0) is 16.6 Å². The van der Waals surface area contributed by atoms with E-state index in [1.54, 1.807) is 6.20 Å². The standard InChI is InChI=1S/C14H15N3O3S/c1-9-7-16-13(10(2)14(9)15)8-21(20)12-5-3-11(4-6-12)17(18)19/h3-7H,8H2,1-2H3,(H2,15,16). The predicted molar refractivity (Wildman–Crippen MR) is 81.3 cm³/mol. The molecule has 1 aromatic carbocycles. The van der Waals surface area contributed by atoms with Crippen molar-refractivity contribution < 1.29 is 9.13 Å². The van der Waals surface area contributed by atoms with Gasteiger partial charge < -0.3 is 5.73 Å². The van der Waals surface area contributed by atoms with Gasteiger partial charge in [-0.05, 0) is 37.1 Å². The molecule has 0 saturated carbocycles. The van der Waals surface area contributed by atoms with Crippen molar-refractivity contribution in [3.8, 4) is 0 Å². The molecule has 2 aromatic rings. The number of aromatic nitrogens is 1.